The number of fused-ring (bicyclic) bond motifs is 1. The number of sulfonamides is 1. The molecule has 17 heavy (non-hydrogen) atoms. The molecule has 0 amide bonds. The predicted octanol–water partition coefficient (Wildman–Crippen LogP) is 2.23. The van der Waals surface area contributed by atoms with Crippen LogP contribution in [0, 0.1) is 5.92 Å². The summed E-state index contributed by atoms with van der Waals surface area (Å²) in [5.41, 5.74) is 0.408. The van der Waals surface area contributed by atoms with E-state index in [1.165, 1.54) is 5.01 Å². The smallest absolute Gasteiger partial charge is 0.263 e. The maximum Gasteiger partial charge on any atom is 0.295 e. The van der Waals surface area contributed by atoms with Crippen molar-refractivity contribution in [2.75, 3.05) is 5.01 Å². The van der Waals surface area contributed by atoms with Crippen molar-refractivity contribution >= 4 is 44.5 Å². The van der Waals surface area contributed by atoms with Gasteiger partial charge in [0.2, 0.25) is 0 Å². The summed E-state index contributed by atoms with van der Waals surface area (Å²) < 4.78 is 28.1. The molecule has 0 fully saturated rings. The lowest BCUT2D eigenvalue weighted by Crippen LogP contribution is -2.43. The maximum absolute atomic E-state index is 11.9. The fourth-order valence-electron chi connectivity index (χ4n) is 1.53. The van der Waals surface area contributed by atoms with Crippen LogP contribution in [-0.4, -0.2) is 14.3 Å². The van der Waals surface area contributed by atoms with Crippen molar-refractivity contribution in [3.8, 4) is 0 Å². The van der Waals surface area contributed by atoms with E-state index < -0.39 is 10.0 Å². The average molecular weight is 294 g/mol. The molecule has 0 aromatic carbocycles. The van der Waals surface area contributed by atoms with E-state index in [0.717, 1.165) is 17.8 Å². The van der Waals surface area contributed by atoms with Crippen LogP contribution in [0.2, 0.25) is 4.34 Å². The molecule has 0 saturated carbocycles. The summed E-state index contributed by atoms with van der Waals surface area (Å²) in [5.74, 6) is 6.22. The molecular formula is C9H12ClN3O2S2. The molecule has 2 N–H and O–H groups in total. The molecule has 1 aromatic rings. The molecule has 1 aliphatic rings. The lowest BCUT2D eigenvalue weighted by molar-refractivity contribution is 0.597. The molecule has 0 radical (unpaired) electrons. The molecule has 2 heterocycles. The van der Waals surface area contributed by atoms with Crippen LogP contribution in [0.1, 0.15) is 20.3 Å². The van der Waals surface area contributed by atoms with Gasteiger partial charge in [0.1, 0.15) is 5.84 Å². The summed E-state index contributed by atoms with van der Waals surface area (Å²) in [6, 6.07) is 1.55. The van der Waals surface area contributed by atoms with Gasteiger partial charge in [-0.25, -0.2) is 5.84 Å². The van der Waals surface area contributed by atoms with Crippen LogP contribution in [0.3, 0.4) is 0 Å². The molecule has 0 spiro atoms. The third-order valence-corrected chi connectivity index (χ3v) is 5.69. The predicted molar refractivity (Wildman–Crippen MR) is 70.1 cm³/mol. The van der Waals surface area contributed by atoms with Crippen LogP contribution in [0.15, 0.2) is 14.7 Å². The van der Waals surface area contributed by atoms with Crippen LogP contribution in [0.4, 0.5) is 5.69 Å². The fourth-order valence-corrected chi connectivity index (χ4v) is 4.43. The quantitative estimate of drug-likeness (QED) is 0.848. The first kappa shape index (κ1) is 12.8. The van der Waals surface area contributed by atoms with Gasteiger partial charge >= 0.3 is 0 Å². The van der Waals surface area contributed by atoms with Crippen LogP contribution in [-0.2, 0) is 10.0 Å². The third kappa shape index (κ3) is 2.08. The Labute approximate surface area is 109 Å². The van der Waals surface area contributed by atoms with E-state index >= 15 is 0 Å². The van der Waals surface area contributed by atoms with Crippen molar-refractivity contribution in [2.45, 2.75) is 24.5 Å². The third-order valence-electron chi connectivity index (χ3n) is 2.66. The van der Waals surface area contributed by atoms with Gasteiger partial charge in [0.15, 0.2) is 4.21 Å². The number of nitrogens with two attached hydrogens (primary N) is 1. The molecule has 94 valence electrons. The molecule has 0 saturated heterocycles. The molecular weight excluding hydrogens is 282 g/mol. The van der Waals surface area contributed by atoms with E-state index in [1.807, 2.05) is 13.8 Å². The van der Waals surface area contributed by atoms with Crippen molar-refractivity contribution in [1.82, 2.24) is 0 Å². The van der Waals surface area contributed by atoms with Crippen molar-refractivity contribution in [3.05, 3.63) is 10.4 Å². The average Bonchev–Trinajstić information content (AvgIpc) is 2.66. The minimum Gasteiger partial charge on any atom is -0.263 e. The minimum absolute atomic E-state index is 0.0263. The maximum atomic E-state index is 11.9. The lowest BCUT2D eigenvalue weighted by atomic mass is 10.1. The van der Waals surface area contributed by atoms with Gasteiger partial charge in [-0.15, -0.1) is 15.7 Å². The standard InChI is InChI=1S/C9H12ClN3O2S2/c1-3-5(2)8-12-17(14,15)9-6(13(8)11)4-7(10)16-9/h4-5H,3,11H2,1-2H3. The number of halogens is 1. The zero-order valence-electron chi connectivity index (χ0n) is 9.34. The Bertz CT molecular complexity index is 579. The van der Waals surface area contributed by atoms with Crippen molar-refractivity contribution < 1.29 is 8.42 Å². The lowest BCUT2D eigenvalue weighted by Gasteiger charge is -2.27. The summed E-state index contributed by atoms with van der Waals surface area (Å²) >= 11 is 6.80. The van der Waals surface area contributed by atoms with Crippen molar-refractivity contribution in [2.24, 2.45) is 16.2 Å². The Morgan fingerprint density at radius 3 is 2.88 bits per heavy atom. The van der Waals surface area contributed by atoms with E-state index in [0.29, 0.717) is 15.9 Å². The second-order valence-electron chi connectivity index (χ2n) is 3.83. The Hall–Kier alpha value is -0.630. The zero-order chi connectivity index (χ0) is 12.8. The Kier molecular flexibility index (Phi) is 3.19. The summed E-state index contributed by atoms with van der Waals surface area (Å²) in [7, 11) is -3.66. The van der Waals surface area contributed by atoms with Crippen LogP contribution in [0.5, 0.6) is 0 Å². The molecule has 1 aliphatic heterocycles. The van der Waals surface area contributed by atoms with Gasteiger partial charge in [-0.3, -0.25) is 5.01 Å². The van der Waals surface area contributed by atoms with Gasteiger partial charge in [0, 0.05) is 5.92 Å². The first-order valence-electron chi connectivity index (χ1n) is 5.06. The number of anilines is 1. The largest absolute Gasteiger partial charge is 0.295 e. The first-order valence-corrected chi connectivity index (χ1v) is 7.69. The highest BCUT2D eigenvalue weighted by Gasteiger charge is 2.33. The van der Waals surface area contributed by atoms with E-state index in [9.17, 15) is 8.42 Å². The highest BCUT2D eigenvalue weighted by Crippen LogP contribution is 2.40. The molecule has 1 unspecified atom stereocenters. The molecule has 0 bridgehead atoms. The van der Waals surface area contributed by atoms with Gasteiger partial charge in [0.05, 0.1) is 10.0 Å². The highest BCUT2D eigenvalue weighted by molar-refractivity contribution is 7.92. The normalized spacial score (nSPS) is 19.8. The molecule has 1 atom stereocenters. The molecule has 2 rings (SSSR count). The molecule has 5 nitrogen and oxygen atoms in total. The summed E-state index contributed by atoms with van der Waals surface area (Å²) in [5, 5.41) is 1.31. The Morgan fingerprint density at radius 1 is 1.65 bits per heavy atom. The number of hydrazine groups is 1. The number of nitrogens with zero attached hydrogens (tertiary/aromatic N) is 2. The van der Waals surface area contributed by atoms with E-state index in [1.54, 1.807) is 6.07 Å². The Balaban J connectivity index is 2.61. The van der Waals surface area contributed by atoms with E-state index in [4.69, 9.17) is 17.4 Å². The van der Waals surface area contributed by atoms with E-state index in [-0.39, 0.29) is 10.1 Å². The summed E-state index contributed by atoms with van der Waals surface area (Å²) in [6.07, 6.45) is 0.759. The second kappa shape index (κ2) is 4.24. The summed E-state index contributed by atoms with van der Waals surface area (Å²) in [4.78, 5) is 0. The fraction of sp³-hybridized carbons (Fsp3) is 0.444. The number of hydrogen-bond acceptors (Lipinski definition) is 5. The van der Waals surface area contributed by atoms with Crippen LogP contribution >= 0.6 is 22.9 Å². The first-order chi connectivity index (χ1) is 7.86. The molecule has 0 aliphatic carbocycles. The molecule has 1 aromatic heterocycles. The van der Waals surface area contributed by atoms with Gasteiger partial charge in [0.25, 0.3) is 10.0 Å². The Morgan fingerprint density at radius 2 is 2.29 bits per heavy atom. The second-order valence-corrected chi connectivity index (χ2v) is 7.31. The van der Waals surface area contributed by atoms with Crippen molar-refractivity contribution in [1.29, 1.82) is 0 Å². The molecule has 8 heteroatoms. The topological polar surface area (TPSA) is 75.8 Å². The SMILES string of the molecule is CCC(C)C1=NS(=O)(=O)c2sc(Cl)cc2N1N. The van der Waals surface area contributed by atoms with Crippen LogP contribution < -0.4 is 10.9 Å². The van der Waals surface area contributed by atoms with Gasteiger partial charge in [-0.2, -0.15) is 8.42 Å². The minimum atomic E-state index is -3.66. The van der Waals surface area contributed by atoms with Crippen LogP contribution in [0.25, 0.3) is 0 Å². The highest BCUT2D eigenvalue weighted by atomic mass is 35.5. The summed E-state index contributed by atoms with van der Waals surface area (Å²) in [6.45, 7) is 3.83. The number of hydrogen-bond donors (Lipinski definition) is 1. The van der Waals surface area contributed by atoms with Gasteiger partial charge in [-0.1, -0.05) is 25.4 Å². The van der Waals surface area contributed by atoms with Gasteiger partial charge < -0.3 is 0 Å². The zero-order valence-corrected chi connectivity index (χ0v) is 11.7. The van der Waals surface area contributed by atoms with Crippen molar-refractivity contribution in [3.63, 3.8) is 0 Å². The number of rotatable bonds is 2. The number of amidine groups is 1. The van der Waals surface area contributed by atoms with Gasteiger partial charge in [-0.05, 0) is 12.5 Å². The monoisotopic (exact) mass is 293 g/mol. The number of thiophene rings is 1. The van der Waals surface area contributed by atoms with E-state index in [2.05, 4.69) is 4.40 Å².